The van der Waals surface area contributed by atoms with Crippen LogP contribution in [0.15, 0.2) is 0 Å². The molecule has 0 aliphatic heterocycles. The molecule has 0 amide bonds. The van der Waals surface area contributed by atoms with Crippen molar-refractivity contribution in [2.45, 2.75) is 48.5 Å². The second-order valence-corrected chi connectivity index (χ2v) is 5.72. The summed E-state index contributed by atoms with van der Waals surface area (Å²) in [5, 5.41) is 0. The molecule has 0 atom stereocenters. The lowest BCUT2D eigenvalue weighted by Gasteiger charge is -2.30. The number of rotatable bonds is 3. The SMILES string of the molecule is CC(C)C(=O)C(C)(C)C(=O)C(C)(C)C. The number of ketones is 2. The molecule has 82 valence electrons. The van der Waals surface area contributed by atoms with Crippen molar-refractivity contribution >= 4 is 11.6 Å². The van der Waals surface area contributed by atoms with E-state index in [9.17, 15) is 9.59 Å². The van der Waals surface area contributed by atoms with Crippen molar-refractivity contribution in [1.82, 2.24) is 0 Å². The lowest BCUT2D eigenvalue weighted by molar-refractivity contribution is -0.145. The second-order valence-electron chi connectivity index (χ2n) is 5.72. The Kier molecular flexibility index (Phi) is 3.65. The molecule has 14 heavy (non-hydrogen) atoms. The zero-order chi connectivity index (χ0) is 11.7. The molecule has 0 N–H and O–H groups in total. The zero-order valence-electron chi connectivity index (χ0n) is 10.4. The Labute approximate surface area is 87.1 Å². The standard InChI is InChI=1S/C12H22O2/c1-8(2)9(13)12(6,7)10(14)11(3,4)5/h8H,1-7H3. The molecular weight excluding hydrogens is 176 g/mol. The van der Waals surface area contributed by atoms with Crippen molar-refractivity contribution in [3.05, 3.63) is 0 Å². The predicted octanol–water partition coefficient (Wildman–Crippen LogP) is 2.85. The summed E-state index contributed by atoms with van der Waals surface area (Å²) in [5.74, 6) is -0.0441. The highest BCUT2D eigenvalue weighted by Crippen LogP contribution is 2.31. The molecule has 0 radical (unpaired) electrons. The molecule has 0 fully saturated rings. The summed E-state index contributed by atoms with van der Waals surface area (Å²) in [7, 11) is 0. The molecule has 0 aliphatic rings. The van der Waals surface area contributed by atoms with Gasteiger partial charge in [-0.3, -0.25) is 9.59 Å². The van der Waals surface area contributed by atoms with Crippen molar-refractivity contribution in [3.8, 4) is 0 Å². The summed E-state index contributed by atoms with van der Waals surface area (Å²) in [6.45, 7) is 12.7. The van der Waals surface area contributed by atoms with E-state index in [0.717, 1.165) is 0 Å². The minimum atomic E-state index is -0.855. The monoisotopic (exact) mass is 198 g/mol. The minimum absolute atomic E-state index is 0.0173. The summed E-state index contributed by atoms with van der Waals surface area (Å²) in [5.41, 5.74) is -1.31. The van der Waals surface area contributed by atoms with E-state index in [1.807, 2.05) is 34.6 Å². The third-order valence-corrected chi connectivity index (χ3v) is 2.39. The molecule has 0 aliphatic carbocycles. The first-order valence-corrected chi connectivity index (χ1v) is 5.10. The van der Waals surface area contributed by atoms with Crippen LogP contribution in [0.5, 0.6) is 0 Å². The quantitative estimate of drug-likeness (QED) is 0.653. The molecule has 0 saturated heterocycles. The maximum absolute atomic E-state index is 12.0. The van der Waals surface area contributed by atoms with Crippen molar-refractivity contribution in [1.29, 1.82) is 0 Å². The molecule has 0 rings (SSSR count). The number of Topliss-reactive ketones (excluding diaryl/α,β-unsaturated/α-hetero) is 2. The van der Waals surface area contributed by atoms with E-state index in [4.69, 9.17) is 0 Å². The van der Waals surface area contributed by atoms with Crippen LogP contribution in [-0.4, -0.2) is 11.6 Å². The highest BCUT2D eigenvalue weighted by atomic mass is 16.2. The van der Waals surface area contributed by atoms with Crippen molar-refractivity contribution < 1.29 is 9.59 Å². The van der Waals surface area contributed by atoms with E-state index in [-0.39, 0.29) is 17.5 Å². The number of hydrogen-bond acceptors (Lipinski definition) is 2. The first-order valence-electron chi connectivity index (χ1n) is 5.10. The zero-order valence-corrected chi connectivity index (χ0v) is 10.4. The van der Waals surface area contributed by atoms with Crippen molar-refractivity contribution in [3.63, 3.8) is 0 Å². The maximum Gasteiger partial charge on any atom is 0.151 e. The van der Waals surface area contributed by atoms with Gasteiger partial charge in [-0.2, -0.15) is 0 Å². The van der Waals surface area contributed by atoms with Gasteiger partial charge < -0.3 is 0 Å². The first kappa shape index (κ1) is 13.3. The van der Waals surface area contributed by atoms with Gasteiger partial charge in [-0.1, -0.05) is 34.6 Å². The van der Waals surface area contributed by atoms with Gasteiger partial charge in [-0.05, 0) is 13.8 Å². The van der Waals surface area contributed by atoms with E-state index >= 15 is 0 Å². The van der Waals surface area contributed by atoms with Gasteiger partial charge in [0, 0.05) is 11.3 Å². The maximum atomic E-state index is 12.0. The number of carbonyl (C=O) groups excluding carboxylic acids is 2. The van der Waals surface area contributed by atoms with Crippen LogP contribution in [0.2, 0.25) is 0 Å². The van der Waals surface area contributed by atoms with Gasteiger partial charge in [0.25, 0.3) is 0 Å². The summed E-state index contributed by atoms with van der Waals surface area (Å²) in [6.07, 6.45) is 0. The van der Waals surface area contributed by atoms with Crippen LogP contribution in [0.1, 0.15) is 48.5 Å². The number of hydrogen-bond donors (Lipinski definition) is 0. The van der Waals surface area contributed by atoms with Gasteiger partial charge in [0.15, 0.2) is 5.78 Å². The Bertz CT molecular complexity index is 242. The smallest absolute Gasteiger partial charge is 0.151 e. The molecule has 0 bridgehead atoms. The lowest BCUT2D eigenvalue weighted by atomic mass is 9.70. The van der Waals surface area contributed by atoms with Gasteiger partial charge >= 0.3 is 0 Å². The van der Waals surface area contributed by atoms with Crippen LogP contribution in [0.25, 0.3) is 0 Å². The summed E-state index contributed by atoms with van der Waals surface area (Å²) >= 11 is 0. The van der Waals surface area contributed by atoms with E-state index in [1.165, 1.54) is 0 Å². The molecule has 2 heteroatoms. The molecule has 2 nitrogen and oxygen atoms in total. The van der Waals surface area contributed by atoms with Crippen LogP contribution in [0.4, 0.5) is 0 Å². The fourth-order valence-electron chi connectivity index (χ4n) is 1.77. The van der Waals surface area contributed by atoms with Gasteiger partial charge in [0.2, 0.25) is 0 Å². The lowest BCUT2D eigenvalue weighted by Crippen LogP contribution is -2.42. The third-order valence-electron chi connectivity index (χ3n) is 2.39. The Morgan fingerprint density at radius 2 is 1.29 bits per heavy atom. The Balaban J connectivity index is 4.98. The summed E-state index contributed by atoms with van der Waals surface area (Å²) < 4.78 is 0. The Morgan fingerprint density at radius 1 is 0.929 bits per heavy atom. The average molecular weight is 198 g/mol. The van der Waals surface area contributed by atoms with Gasteiger partial charge in [0.05, 0.1) is 5.41 Å². The minimum Gasteiger partial charge on any atom is -0.298 e. The normalized spacial score (nSPS) is 13.1. The predicted molar refractivity (Wildman–Crippen MR) is 58.1 cm³/mol. The fourth-order valence-corrected chi connectivity index (χ4v) is 1.77. The molecule has 0 heterocycles. The Morgan fingerprint density at radius 3 is 1.50 bits per heavy atom. The first-order chi connectivity index (χ1) is 6.01. The van der Waals surface area contributed by atoms with Crippen LogP contribution in [0, 0.1) is 16.7 Å². The number of carbonyl (C=O) groups is 2. The van der Waals surface area contributed by atoms with Gasteiger partial charge in [-0.25, -0.2) is 0 Å². The highest BCUT2D eigenvalue weighted by Gasteiger charge is 2.42. The van der Waals surface area contributed by atoms with Crippen LogP contribution < -0.4 is 0 Å². The Hall–Kier alpha value is -0.660. The van der Waals surface area contributed by atoms with E-state index in [1.54, 1.807) is 13.8 Å². The van der Waals surface area contributed by atoms with E-state index in [2.05, 4.69) is 0 Å². The fraction of sp³-hybridized carbons (Fsp3) is 0.833. The van der Waals surface area contributed by atoms with Gasteiger partial charge in [0.1, 0.15) is 5.78 Å². The van der Waals surface area contributed by atoms with E-state index in [0.29, 0.717) is 0 Å². The van der Waals surface area contributed by atoms with Crippen molar-refractivity contribution in [2.24, 2.45) is 16.7 Å². The van der Waals surface area contributed by atoms with Crippen LogP contribution >= 0.6 is 0 Å². The average Bonchev–Trinajstić information content (AvgIpc) is 1.99. The molecule has 0 aromatic carbocycles. The molecule has 0 spiro atoms. The second kappa shape index (κ2) is 3.84. The van der Waals surface area contributed by atoms with E-state index < -0.39 is 10.8 Å². The molecule has 0 saturated carbocycles. The molecule has 0 aromatic rings. The summed E-state index contributed by atoms with van der Waals surface area (Å²) in [4.78, 5) is 23.8. The topological polar surface area (TPSA) is 34.1 Å². The van der Waals surface area contributed by atoms with Crippen molar-refractivity contribution in [2.75, 3.05) is 0 Å². The highest BCUT2D eigenvalue weighted by molar-refractivity contribution is 6.08. The van der Waals surface area contributed by atoms with Crippen LogP contribution in [-0.2, 0) is 9.59 Å². The summed E-state index contributed by atoms with van der Waals surface area (Å²) in [6, 6.07) is 0. The molecule has 0 aromatic heterocycles. The molecular formula is C12H22O2. The van der Waals surface area contributed by atoms with Gasteiger partial charge in [-0.15, -0.1) is 0 Å². The largest absolute Gasteiger partial charge is 0.298 e. The third kappa shape index (κ3) is 2.66. The molecule has 0 unspecified atom stereocenters. The van der Waals surface area contributed by atoms with Crippen LogP contribution in [0.3, 0.4) is 0 Å².